The van der Waals surface area contributed by atoms with Gasteiger partial charge in [-0.3, -0.25) is 14.4 Å². The van der Waals surface area contributed by atoms with Gasteiger partial charge in [0, 0.05) is 28.6 Å². The molecule has 0 aliphatic carbocycles. The maximum Gasteiger partial charge on any atom is 0.341 e. The predicted octanol–water partition coefficient (Wildman–Crippen LogP) is 3.60. The third-order valence-electron chi connectivity index (χ3n) is 4.41. The van der Waals surface area contributed by atoms with E-state index >= 15 is 0 Å². The molecule has 0 unspecified atom stereocenters. The topological polar surface area (TPSA) is 117 Å². The molecule has 0 aromatic carbocycles. The van der Waals surface area contributed by atoms with Crippen LogP contribution in [-0.4, -0.2) is 35.6 Å². The summed E-state index contributed by atoms with van der Waals surface area (Å²) in [5, 5.41) is 6.27. The average Bonchev–Trinajstić information content (AvgIpc) is 3.44. The molecule has 0 atom stereocenters. The van der Waals surface area contributed by atoms with Crippen LogP contribution in [0.1, 0.15) is 35.2 Å². The second-order valence-electron chi connectivity index (χ2n) is 6.74. The van der Waals surface area contributed by atoms with Crippen molar-refractivity contribution >= 4 is 45.5 Å². The van der Waals surface area contributed by atoms with Gasteiger partial charge in [-0.15, -0.1) is 11.3 Å². The van der Waals surface area contributed by atoms with E-state index in [2.05, 4.69) is 5.32 Å². The quantitative estimate of drug-likeness (QED) is 0.467. The highest BCUT2D eigenvalue weighted by atomic mass is 32.1. The molecule has 0 saturated heterocycles. The molecular formula is C21H22N2O7S2. The standard InChI is InChI=1S/C21H22N2O7S2/c1-4-28-20(26)18-14(15-6-5-13(3)30-15)11-31-19(18)22-16(24)9-29-17(25)7-8-23-12(2)10-32-21(23)27/h5-6,10-11H,4,7-9H2,1-3H3,(H,22,24). The summed E-state index contributed by atoms with van der Waals surface area (Å²) < 4.78 is 17.2. The summed E-state index contributed by atoms with van der Waals surface area (Å²) in [5.41, 5.74) is 1.45. The van der Waals surface area contributed by atoms with E-state index < -0.39 is 24.5 Å². The number of carbonyl (C=O) groups excluding carboxylic acids is 3. The molecule has 11 heteroatoms. The number of hydrogen-bond acceptors (Lipinski definition) is 9. The Hall–Kier alpha value is -3.18. The Balaban J connectivity index is 1.63. The number of nitrogens with one attached hydrogen (secondary N) is 1. The highest BCUT2D eigenvalue weighted by molar-refractivity contribution is 7.15. The second kappa shape index (κ2) is 10.4. The summed E-state index contributed by atoms with van der Waals surface area (Å²) in [6.45, 7) is 5.07. The maximum absolute atomic E-state index is 12.5. The van der Waals surface area contributed by atoms with Crippen LogP contribution in [0.5, 0.6) is 0 Å². The molecular weight excluding hydrogens is 456 g/mol. The average molecular weight is 479 g/mol. The second-order valence-corrected chi connectivity index (χ2v) is 8.44. The molecule has 1 N–H and O–H groups in total. The van der Waals surface area contributed by atoms with Crippen LogP contribution in [-0.2, 0) is 25.6 Å². The van der Waals surface area contributed by atoms with Gasteiger partial charge in [0.15, 0.2) is 6.61 Å². The van der Waals surface area contributed by atoms with E-state index in [4.69, 9.17) is 13.9 Å². The van der Waals surface area contributed by atoms with Gasteiger partial charge in [-0.05, 0) is 32.9 Å². The predicted molar refractivity (Wildman–Crippen MR) is 120 cm³/mol. The number of anilines is 1. The number of furan rings is 1. The van der Waals surface area contributed by atoms with Gasteiger partial charge in [0.2, 0.25) is 0 Å². The van der Waals surface area contributed by atoms with Gasteiger partial charge >= 0.3 is 16.8 Å². The lowest BCUT2D eigenvalue weighted by molar-refractivity contribution is -0.147. The number of rotatable bonds is 9. The van der Waals surface area contributed by atoms with Crippen LogP contribution in [0, 0.1) is 13.8 Å². The summed E-state index contributed by atoms with van der Waals surface area (Å²) in [6.07, 6.45) is -0.0418. The number of nitrogens with zero attached hydrogens (tertiary/aromatic N) is 1. The highest BCUT2D eigenvalue weighted by Crippen LogP contribution is 2.37. The SMILES string of the molecule is CCOC(=O)c1c(-c2ccc(C)o2)csc1NC(=O)COC(=O)CCn1c(C)csc1=O. The van der Waals surface area contributed by atoms with E-state index in [0.717, 1.165) is 28.4 Å². The zero-order chi connectivity index (χ0) is 23.3. The van der Waals surface area contributed by atoms with E-state index in [1.807, 2.05) is 0 Å². The molecule has 3 heterocycles. The lowest BCUT2D eigenvalue weighted by atomic mass is 10.1. The summed E-state index contributed by atoms with van der Waals surface area (Å²) in [5.74, 6) is -0.647. The van der Waals surface area contributed by atoms with Crippen LogP contribution in [0.4, 0.5) is 5.00 Å². The Labute approximate surface area is 191 Å². The maximum atomic E-state index is 12.5. The normalized spacial score (nSPS) is 10.7. The van der Waals surface area contributed by atoms with Crippen molar-refractivity contribution in [2.75, 3.05) is 18.5 Å². The molecule has 3 aromatic rings. The number of ether oxygens (including phenoxy) is 2. The van der Waals surface area contributed by atoms with E-state index in [-0.39, 0.29) is 35.0 Å². The molecule has 3 aromatic heterocycles. The molecule has 0 radical (unpaired) electrons. The van der Waals surface area contributed by atoms with Gasteiger partial charge in [0.1, 0.15) is 22.1 Å². The summed E-state index contributed by atoms with van der Waals surface area (Å²) >= 11 is 2.20. The molecule has 32 heavy (non-hydrogen) atoms. The van der Waals surface area contributed by atoms with E-state index in [1.165, 1.54) is 4.57 Å². The number of aryl methyl sites for hydroxylation is 2. The Bertz CT molecular complexity index is 1190. The number of esters is 2. The molecule has 0 aliphatic heterocycles. The molecule has 0 spiro atoms. The number of hydrogen-bond donors (Lipinski definition) is 1. The summed E-state index contributed by atoms with van der Waals surface area (Å²) in [4.78, 5) is 48.3. The Morgan fingerprint density at radius 1 is 1.12 bits per heavy atom. The van der Waals surface area contributed by atoms with Crippen LogP contribution in [0.15, 0.2) is 32.1 Å². The zero-order valence-electron chi connectivity index (χ0n) is 17.8. The lowest BCUT2D eigenvalue weighted by Gasteiger charge is -2.09. The lowest BCUT2D eigenvalue weighted by Crippen LogP contribution is -2.23. The smallest absolute Gasteiger partial charge is 0.341 e. The van der Waals surface area contributed by atoms with Crippen molar-refractivity contribution in [2.45, 2.75) is 33.7 Å². The molecule has 170 valence electrons. The fourth-order valence-electron chi connectivity index (χ4n) is 2.88. The first kappa shape index (κ1) is 23.5. The van der Waals surface area contributed by atoms with Crippen molar-refractivity contribution < 1.29 is 28.3 Å². The summed E-state index contributed by atoms with van der Waals surface area (Å²) in [6, 6.07) is 3.50. The van der Waals surface area contributed by atoms with Crippen molar-refractivity contribution in [1.29, 1.82) is 0 Å². The largest absolute Gasteiger partial charge is 0.462 e. The fraction of sp³-hybridized carbons (Fsp3) is 0.333. The van der Waals surface area contributed by atoms with Gasteiger partial charge in [-0.25, -0.2) is 4.79 Å². The monoisotopic (exact) mass is 478 g/mol. The molecule has 9 nitrogen and oxygen atoms in total. The van der Waals surface area contributed by atoms with Crippen LogP contribution < -0.4 is 10.2 Å². The number of thiazole rings is 1. The van der Waals surface area contributed by atoms with Crippen molar-refractivity contribution in [3.05, 3.63) is 49.6 Å². The molecule has 1 amide bonds. The molecule has 0 bridgehead atoms. The fourth-order valence-corrected chi connectivity index (χ4v) is 4.59. The molecule has 3 rings (SSSR count). The van der Waals surface area contributed by atoms with Crippen LogP contribution in [0.2, 0.25) is 0 Å². The highest BCUT2D eigenvalue weighted by Gasteiger charge is 2.24. The first-order chi connectivity index (χ1) is 15.3. The molecule has 0 saturated carbocycles. The minimum absolute atomic E-state index is 0.0418. The van der Waals surface area contributed by atoms with Gasteiger partial charge < -0.3 is 23.8 Å². The Kier molecular flexibility index (Phi) is 7.65. The number of thiophene rings is 1. The van der Waals surface area contributed by atoms with Gasteiger partial charge in [-0.1, -0.05) is 11.3 Å². The molecule has 0 fully saturated rings. The van der Waals surface area contributed by atoms with Gasteiger partial charge in [0.25, 0.3) is 5.91 Å². The minimum atomic E-state index is -0.610. The van der Waals surface area contributed by atoms with Crippen molar-refractivity contribution in [1.82, 2.24) is 4.57 Å². The first-order valence-corrected chi connectivity index (χ1v) is 11.5. The van der Waals surface area contributed by atoms with Gasteiger partial charge in [-0.2, -0.15) is 0 Å². The number of carbonyl (C=O) groups is 3. The van der Waals surface area contributed by atoms with E-state index in [9.17, 15) is 19.2 Å². The third kappa shape index (κ3) is 5.54. The number of aromatic nitrogens is 1. The number of amides is 1. The van der Waals surface area contributed by atoms with Gasteiger partial charge in [0.05, 0.1) is 13.0 Å². The van der Waals surface area contributed by atoms with Crippen molar-refractivity contribution in [3.63, 3.8) is 0 Å². The summed E-state index contributed by atoms with van der Waals surface area (Å²) in [7, 11) is 0. The Morgan fingerprint density at radius 2 is 1.91 bits per heavy atom. The molecule has 0 aliphatic rings. The van der Waals surface area contributed by atoms with E-state index in [0.29, 0.717) is 17.1 Å². The van der Waals surface area contributed by atoms with Crippen molar-refractivity contribution in [2.24, 2.45) is 0 Å². The Morgan fingerprint density at radius 3 is 2.53 bits per heavy atom. The third-order valence-corrected chi connectivity index (χ3v) is 6.19. The zero-order valence-corrected chi connectivity index (χ0v) is 19.4. The van der Waals surface area contributed by atoms with Crippen LogP contribution in [0.25, 0.3) is 11.3 Å². The van der Waals surface area contributed by atoms with Crippen LogP contribution >= 0.6 is 22.7 Å². The van der Waals surface area contributed by atoms with E-state index in [1.54, 1.807) is 43.7 Å². The minimum Gasteiger partial charge on any atom is -0.462 e. The first-order valence-electron chi connectivity index (χ1n) is 9.76. The van der Waals surface area contributed by atoms with Crippen LogP contribution in [0.3, 0.4) is 0 Å². The van der Waals surface area contributed by atoms with Crippen molar-refractivity contribution in [3.8, 4) is 11.3 Å².